The number of hydrogen-bond acceptors (Lipinski definition) is 3. The van der Waals surface area contributed by atoms with Gasteiger partial charge in [0.25, 0.3) is 0 Å². The number of amides is 2. The van der Waals surface area contributed by atoms with Crippen molar-refractivity contribution in [2.45, 2.75) is 38.3 Å². The van der Waals surface area contributed by atoms with Crippen LogP contribution in [0.1, 0.15) is 26.7 Å². The summed E-state index contributed by atoms with van der Waals surface area (Å²) in [5.41, 5.74) is 5.63. The molecule has 2 rings (SSSR count). The predicted molar refractivity (Wildman–Crippen MR) is 65.7 cm³/mol. The third kappa shape index (κ3) is 3.33. The molecule has 2 saturated heterocycles. The molecule has 5 nitrogen and oxygen atoms in total. The van der Waals surface area contributed by atoms with E-state index in [4.69, 9.17) is 10.5 Å². The van der Waals surface area contributed by atoms with E-state index in [9.17, 15) is 4.79 Å². The van der Waals surface area contributed by atoms with Crippen LogP contribution in [0.5, 0.6) is 0 Å². The van der Waals surface area contributed by atoms with Crippen molar-refractivity contribution in [2.24, 2.45) is 11.7 Å². The lowest BCUT2D eigenvalue weighted by atomic mass is 9.92. The van der Waals surface area contributed by atoms with Crippen LogP contribution in [0.2, 0.25) is 0 Å². The summed E-state index contributed by atoms with van der Waals surface area (Å²) >= 11 is 0. The molecule has 1 unspecified atom stereocenters. The molecule has 0 aromatic rings. The molecule has 0 bridgehead atoms. The fourth-order valence-corrected chi connectivity index (χ4v) is 2.63. The number of hydrogen-bond donors (Lipinski definition) is 2. The normalized spacial score (nSPS) is 27.4. The zero-order valence-electron chi connectivity index (χ0n) is 10.7. The summed E-state index contributed by atoms with van der Waals surface area (Å²) in [5.74, 6) is 0.554. The highest BCUT2D eigenvalue weighted by Gasteiger charge is 2.36. The van der Waals surface area contributed by atoms with E-state index in [1.807, 2.05) is 18.7 Å². The van der Waals surface area contributed by atoms with E-state index in [2.05, 4.69) is 5.32 Å². The second-order valence-electron chi connectivity index (χ2n) is 5.87. The minimum absolute atomic E-state index is 0.0278. The zero-order valence-corrected chi connectivity index (χ0v) is 10.7. The molecule has 0 saturated carbocycles. The van der Waals surface area contributed by atoms with Gasteiger partial charge >= 0.3 is 6.03 Å². The van der Waals surface area contributed by atoms with E-state index in [0.717, 1.165) is 32.6 Å². The average molecular weight is 241 g/mol. The van der Waals surface area contributed by atoms with E-state index in [1.165, 1.54) is 0 Å². The van der Waals surface area contributed by atoms with Gasteiger partial charge in [0.1, 0.15) is 0 Å². The molecule has 3 N–H and O–H groups in total. The maximum atomic E-state index is 11.8. The highest BCUT2D eigenvalue weighted by molar-refractivity contribution is 5.77. The monoisotopic (exact) mass is 241 g/mol. The number of nitrogens with two attached hydrogens (primary N) is 1. The Morgan fingerprint density at radius 2 is 2.12 bits per heavy atom. The van der Waals surface area contributed by atoms with Crippen molar-refractivity contribution < 1.29 is 9.53 Å². The van der Waals surface area contributed by atoms with Crippen molar-refractivity contribution >= 4 is 6.03 Å². The molecule has 2 aliphatic rings. The zero-order chi connectivity index (χ0) is 12.5. The molecular formula is C12H23N3O2. The molecule has 2 fully saturated rings. The second kappa shape index (κ2) is 4.82. The Hall–Kier alpha value is -0.810. The van der Waals surface area contributed by atoms with Gasteiger partial charge in [-0.25, -0.2) is 4.79 Å². The summed E-state index contributed by atoms with van der Waals surface area (Å²) in [6.07, 6.45) is 2.09. The van der Waals surface area contributed by atoms with Crippen molar-refractivity contribution in [2.75, 3.05) is 26.3 Å². The molecule has 17 heavy (non-hydrogen) atoms. The molecule has 2 aliphatic heterocycles. The van der Waals surface area contributed by atoms with Gasteiger partial charge in [0.05, 0.1) is 6.04 Å². The number of urea groups is 1. The first-order valence-corrected chi connectivity index (χ1v) is 6.38. The van der Waals surface area contributed by atoms with Crippen molar-refractivity contribution in [1.82, 2.24) is 10.2 Å². The van der Waals surface area contributed by atoms with Crippen LogP contribution >= 0.6 is 0 Å². The Balaban J connectivity index is 1.90. The van der Waals surface area contributed by atoms with Gasteiger partial charge in [0, 0.05) is 31.8 Å². The molecule has 0 aromatic carbocycles. The molecule has 5 heteroatoms. The lowest BCUT2D eigenvalue weighted by molar-refractivity contribution is 0.0564. The topological polar surface area (TPSA) is 67.6 Å². The standard InChI is InChI=1S/C12H23N3O2/c1-12(2,13)8-15-7-10(14-11(15)16)9-3-5-17-6-4-9/h9-10H,3-8,13H2,1-2H3,(H,14,16). The third-order valence-electron chi connectivity index (χ3n) is 3.45. The summed E-state index contributed by atoms with van der Waals surface area (Å²) in [6.45, 7) is 6.92. The van der Waals surface area contributed by atoms with Gasteiger partial charge in [-0.3, -0.25) is 0 Å². The van der Waals surface area contributed by atoms with E-state index < -0.39 is 0 Å². The van der Waals surface area contributed by atoms with Crippen LogP contribution < -0.4 is 11.1 Å². The molecule has 0 radical (unpaired) electrons. The molecule has 0 aliphatic carbocycles. The second-order valence-corrected chi connectivity index (χ2v) is 5.87. The first kappa shape index (κ1) is 12.6. The van der Waals surface area contributed by atoms with Gasteiger partial charge in [0.15, 0.2) is 0 Å². The minimum atomic E-state index is -0.331. The average Bonchev–Trinajstić information content (AvgIpc) is 2.59. The number of nitrogens with one attached hydrogen (secondary N) is 1. The summed E-state index contributed by atoms with van der Waals surface area (Å²) in [7, 11) is 0. The number of carbonyl (C=O) groups excluding carboxylic acids is 1. The Morgan fingerprint density at radius 1 is 1.47 bits per heavy atom. The van der Waals surface area contributed by atoms with Gasteiger partial charge in [0.2, 0.25) is 0 Å². The van der Waals surface area contributed by atoms with Crippen molar-refractivity contribution in [3.05, 3.63) is 0 Å². The summed E-state index contributed by atoms with van der Waals surface area (Å²) in [6, 6.07) is 0.300. The summed E-state index contributed by atoms with van der Waals surface area (Å²) < 4.78 is 5.35. The van der Waals surface area contributed by atoms with Crippen molar-refractivity contribution in [3.8, 4) is 0 Å². The van der Waals surface area contributed by atoms with Gasteiger partial charge in [-0.1, -0.05) is 0 Å². The Morgan fingerprint density at radius 3 is 2.71 bits per heavy atom. The lowest BCUT2D eigenvalue weighted by Gasteiger charge is -2.28. The Bertz CT molecular complexity index is 282. The molecule has 0 aromatic heterocycles. The van der Waals surface area contributed by atoms with E-state index in [-0.39, 0.29) is 17.6 Å². The highest BCUT2D eigenvalue weighted by atomic mass is 16.5. The van der Waals surface area contributed by atoms with E-state index in [0.29, 0.717) is 12.5 Å². The molecule has 1 atom stereocenters. The maximum Gasteiger partial charge on any atom is 0.317 e. The maximum absolute atomic E-state index is 11.8. The Kier molecular flexibility index (Phi) is 3.58. The van der Waals surface area contributed by atoms with E-state index >= 15 is 0 Å². The van der Waals surface area contributed by atoms with Crippen LogP contribution in [-0.2, 0) is 4.74 Å². The van der Waals surface area contributed by atoms with Gasteiger partial charge in [-0.2, -0.15) is 0 Å². The lowest BCUT2D eigenvalue weighted by Crippen LogP contribution is -2.46. The molecule has 98 valence electrons. The van der Waals surface area contributed by atoms with Crippen molar-refractivity contribution in [3.63, 3.8) is 0 Å². The van der Waals surface area contributed by atoms with Crippen LogP contribution in [0.4, 0.5) is 4.79 Å². The van der Waals surface area contributed by atoms with Crippen LogP contribution in [-0.4, -0.2) is 48.8 Å². The van der Waals surface area contributed by atoms with Crippen LogP contribution in [0, 0.1) is 5.92 Å². The number of ether oxygens (including phenoxy) is 1. The Labute approximate surface area is 103 Å². The minimum Gasteiger partial charge on any atom is -0.381 e. The van der Waals surface area contributed by atoms with Crippen molar-refractivity contribution in [1.29, 1.82) is 0 Å². The van der Waals surface area contributed by atoms with Gasteiger partial charge < -0.3 is 20.7 Å². The van der Waals surface area contributed by atoms with E-state index in [1.54, 1.807) is 0 Å². The largest absolute Gasteiger partial charge is 0.381 e. The van der Waals surface area contributed by atoms with Crippen LogP contribution in [0.3, 0.4) is 0 Å². The summed E-state index contributed by atoms with van der Waals surface area (Å²) in [5, 5.41) is 3.07. The first-order valence-electron chi connectivity index (χ1n) is 6.38. The third-order valence-corrected chi connectivity index (χ3v) is 3.45. The molecule has 0 spiro atoms. The SMILES string of the molecule is CC(C)(N)CN1CC(C2CCOCC2)NC1=O. The summed E-state index contributed by atoms with van der Waals surface area (Å²) in [4.78, 5) is 13.7. The first-order chi connectivity index (χ1) is 7.96. The number of rotatable bonds is 3. The fourth-order valence-electron chi connectivity index (χ4n) is 2.63. The molecule has 2 amide bonds. The number of carbonyl (C=O) groups is 1. The highest BCUT2D eigenvalue weighted by Crippen LogP contribution is 2.23. The molecule has 2 heterocycles. The fraction of sp³-hybridized carbons (Fsp3) is 0.917. The predicted octanol–water partition coefficient (Wildman–Crippen LogP) is 0.544. The molecular weight excluding hydrogens is 218 g/mol. The van der Waals surface area contributed by atoms with Crippen LogP contribution in [0.15, 0.2) is 0 Å². The van der Waals surface area contributed by atoms with Crippen LogP contribution in [0.25, 0.3) is 0 Å². The van der Waals surface area contributed by atoms with Gasteiger partial charge in [-0.15, -0.1) is 0 Å². The van der Waals surface area contributed by atoms with Gasteiger partial charge in [-0.05, 0) is 32.6 Å². The quantitative estimate of drug-likeness (QED) is 0.758. The smallest absolute Gasteiger partial charge is 0.317 e. The number of nitrogens with zero attached hydrogens (tertiary/aromatic N) is 1.